The number of hydrogen-bond acceptors (Lipinski definition) is 5. The largest absolute Gasteiger partial charge is 0.353 e. The predicted octanol–water partition coefficient (Wildman–Crippen LogP) is 2.48. The van der Waals surface area contributed by atoms with E-state index in [9.17, 15) is 9.59 Å². The fraction of sp³-hybridized carbons (Fsp3) is 0.909. The molecule has 2 aliphatic heterocycles. The van der Waals surface area contributed by atoms with E-state index in [1.165, 1.54) is 0 Å². The molecule has 2 N–H and O–H groups in total. The molecule has 0 radical (unpaired) electrons. The topological polar surface area (TPSA) is 64.7 Å². The van der Waals surface area contributed by atoms with Crippen LogP contribution in [-0.4, -0.2) is 83.5 Å². The van der Waals surface area contributed by atoms with Gasteiger partial charge in [-0.1, -0.05) is 13.8 Å². The zero-order valence-corrected chi connectivity index (χ0v) is 19.7. The molecule has 0 aromatic carbocycles. The summed E-state index contributed by atoms with van der Waals surface area (Å²) in [6.07, 6.45) is 5.27. The Morgan fingerprint density at radius 2 is 1.24 bits per heavy atom. The van der Waals surface area contributed by atoms with Gasteiger partial charge in [0.25, 0.3) is 0 Å². The van der Waals surface area contributed by atoms with Gasteiger partial charge in [-0.05, 0) is 52.6 Å². The van der Waals surface area contributed by atoms with Gasteiger partial charge in [0.2, 0.25) is 11.8 Å². The number of hydrogen-bond donors (Lipinski definition) is 2. The van der Waals surface area contributed by atoms with E-state index in [1.54, 1.807) is 11.8 Å². The van der Waals surface area contributed by atoms with Crippen molar-refractivity contribution in [3.05, 3.63) is 0 Å². The molecule has 2 saturated heterocycles. The van der Waals surface area contributed by atoms with Crippen molar-refractivity contribution in [1.29, 1.82) is 0 Å². The third kappa shape index (κ3) is 8.46. The molecule has 2 aliphatic rings. The van der Waals surface area contributed by atoms with Crippen LogP contribution in [0.15, 0.2) is 0 Å². The lowest BCUT2D eigenvalue weighted by Crippen LogP contribution is -2.48. The summed E-state index contributed by atoms with van der Waals surface area (Å²) in [6, 6.07) is 1.73. The van der Waals surface area contributed by atoms with Crippen LogP contribution in [-0.2, 0) is 9.59 Å². The van der Waals surface area contributed by atoms with E-state index >= 15 is 0 Å². The maximum atomic E-state index is 12.2. The van der Waals surface area contributed by atoms with E-state index in [0.717, 1.165) is 63.4 Å². The van der Waals surface area contributed by atoms with Gasteiger partial charge in [0.15, 0.2) is 0 Å². The quantitative estimate of drug-likeness (QED) is 0.526. The first-order chi connectivity index (χ1) is 13.9. The molecule has 0 bridgehead atoms. The molecule has 6 nitrogen and oxygen atoms in total. The number of piperidine rings is 2. The highest BCUT2D eigenvalue weighted by molar-refractivity contribution is 7.99. The van der Waals surface area contributed by atoms with Crippen LogP contribution in [0.3, 0.4) is 0 Å². The van der Waals surface area contributed by atoms with Crippen LogP contribution < -0.4 is 10.6 Å². The first-order valence-electron chi connectivity index (χ1n) is 11.6. The van der Waals surface area contributed by atoms with Gasteiger partial charge in [-0.2, -0.15) is 11.8 Å². The van der Waals surface area contributed by atoms with Crippen molar-refractivity contribution < 1.29 is 9.59 Å². The molecule has 2 amide bonds. The van der Waals surface area contributed by atoms with E-state index in [4.69, 9.17) is 0 Å². The molecule has 0 spiro atoms. The molecule has 7 heteroatoms. The molecular weight excluding hydrogens is 384 g/mol. The minimum Gasteiger partial charge on any atom is -0.353 e. The normalized spacial score (nSPS) is 28.8. The molecule has 2 heterocycles. The standard InChI is InChI=1S/C22H42N4O2S/c1-5-25-11-7-19(15-17(25)3)23-21(27)9-13-29-14-10-22(28)24-20-8-12-26(6-2)18(4)16-20/h17-20H,5-16H2,1-4H3,(H,23,27)(H,24,28). The summed E-state index contributed by atoms with van der Waals surface area (Å²) in [7, 11) is 0. The lowest BCUT2D eigenvalue weighted by Gasteiger charge is -2.37. The number of nitrogens with one attached hydrogen (secondary N) is 2. The Morgan fingerprint density at radius 1 is 0.828 bits per heavy atom. The van der Waals surface area contributed by atoms with E-state index in [1.807, 2.05) is 0 Å². The van der Waals surface area contributed by atoms with Crippen molar-refractivity contribution in [2.45, 2.75) is 90.4 Å². The van der Waals surface area contributed by atoms with Gasteiger partial charge in [0.05, 0.1) is 0 Å². The third-order valence-corrected chi connectivity index (χ3v) is 7.50. The molecule has 0 aliphatic carbocycles. The minimum absolute atomic E-state index is 0.153. The lowest BCUT2D eigenvalue weighted by molar-refractivity contribution is -0.122. The average molecular weight is 427 g/mol. The van der Waals surface area contributed by atoms with Gasteiger partial charge in [0.1, 0.15) is 0 Å². The van der Waals surface area contributed by atoms with Crippen molar-refractivity contribution in [3.8, 4) is 0 Å². The van der Waals surface area contributed by atoms with Crippen LogP contribution in [0, 0.1) is 0 Å². The van der Waals surface area contributed by atoms with Crippen LogP contribution in [0.5, 0.6) is 0 Å². The fourth-order valence-corrected chi connectivity index (χ4v) is 5.54. The second-order valence-corrected chi connectivity index (χ2v) is 9.87. The predicted molar refractivity (Wildman–Crippen MR) is 122 cm³/mol. The van der Waals surface area contributed by atoms with Crippen LogP contribution in [0.2, 0.25) is 0 Å². The molecule has 168 valence electrons. The summed E-state index contributed by atoms with van der Waals surface area (Å²) in [5.41, 5.74) is 0. The zero-order valence-electron chi connectivity index (χ0n) is 18.9. The minimum atomic E-state index is 0.153. The second-order valence-electron chi connectivity index (χ2n) is 8.65. The number of likely N-dealkylation sites (tertiary alicyclic amines) is 2. The Labute approximate surface area is 181 Å². The van der Waals surface area contributed by atoms with Gasteiger partial charge in [-0.15, -0.1) is 0 Å². The van der Waals surface area contributed by atoms with Crippen molar-refractivity contribution in [2.24, 2.45) is 0 Å². The van der Waals surface area contributed by atoms with Crippen LogP contribution in [0.1, 0.15) is 66.2 Å². The molecule has 2 rings (SSSR count). The van der Waals surface area contributed by atoms with Crippen molar-refractivity contribution in [2.75, 3.05) is 37.7 Å². The van der Waals surface area contributed by atoms with E-state index in [2.05, 4.69) is 48.1 Å². The monoisotopic (exact) mass is 426 g/mol. The molecule has 0 saturated carbocycles. The molecule has 0 aromatic rings. The van der Waals surface area contributed by atoms with Gasteiger partial charge >= 0.3 is 0 Å². The van der Waals surface area contributed by atoms with E-state index in [-0.39, 0.29) is 11.8 Å². The Balaban J connectivity index is 1.51. The summed E-state index contributed by atoms with van der Waals surface area (Å²) < 4.78 is 0. The Morgan fingerprint density at radius 3 is 1.59 bits per heavy atom. The average Bonchev–Trinajstić information content (AvgIpc) is 2.68. The van der Waals surface area contributed by atoms with Crippen LogP contribution in [0.4, 0.5) is 0 Å². The molecule has 4 atom stereocenters. The maximum absolute atomic E-state index is 12.2. The Bertz CT molecular complexity index is 475. The van der Waals surface area contributed by atoms with E-state index < -0.39 is 0 Å². The first-order valence-corrected chi connectivity index (χ1v) is 12.7. The Hall–Kier alpha value is -0.790. The lowest BCUT2D eigenvalue weighted by atomic mass is 9.98. The highest BCUT2D eigenvalue weighted by Crippen LogP contribution is 2.18. The number of nitrogens with zero attached hydrogens (tertiary/aromatic N) is 2. The number of amides is 2. The summed E-state index contributed by atoms with van der Waals surface area (Å²) in [4.78, 5) is 29.3. The second kappa shape index (κ2) is 12.8. The summed E-state index contributed by atoms with van der Waals surface area (Å²) in [5, 5.41) is 6.40. The van der Waals surface area contributed by atoms with Crippen LogP contribution >= 0.6 is 11.8 Å². The smallest absolute Gasteiger partial charge is 0.221 e. The third-order valence-electron chi connectivity index (χ3n) is 6.52. The van der Waals surface area contributed by atoms with Crippen molar-refractivity contribution in [1.82, 2.24) is 20.4 Å². The SMILES string of the molecule is CCN1CCC(NC(=O)CCSCCC(=O)NC2CCN(CC)C(C)C2)CC1C. The number of carbonyl (C=O) groups excluding carboxylic acids is 2. The summed E-state index contributed by atoms with van der Waals surface area (Å²) in [6.45, 7) is 13.2. The molecule has 2 fully saturated rings. The number of rotatable bonds is 10. The van der Waals surface area contributed by atoms with Gasteiger partial charge in [0, 0.05) is 61.6 Å². The van der Waals surface area contributed by atoms with Gasteiger partial charge < -0.3 is 20.4 Å². The van der Waals surface area contributed by atoms with Gasteiger partial charge in [-0.3, -0.25) is 9.59 Å². The molecular formula is C22H42N4O2S. The maximum Gasteiger partial charge on any atom is 0.221 e. The van der Waals surface area contributed by atoms with Gasteiger partial charge in [-0.25, -0.2) is 0 Å². The van der Waals surface area contributed by atoms with Crippen LogP contribution in [0.25, 0.3) is 0 Å². The Kier molecular flexibility index (Phi) is 10.8. The summed E-state index contributed by atoms with van der Waals surface area (Å²) >= 11 is 1.70. The number of carbonyl (C=O) groups is 2. The van der Waals surface area contributed by atoms with Crippen molar-refractivity contribution in [3.63, 3.8) is 0 Å². The fourth-order valence-electron chi connectivity index (χ4n) is 4.67. The number of thioether (sulfide) groups is 1. The highest BCUT2D eigenvalue weighted by Gasteiger charge is 2.26. The zero-order chi connectivity index (χ0) is 21.2. The molecule has 4 unspecified atom stereocenters. The van der Waals surface area contributed by atoms with Crippen molar-refractivity contribution >= 4 is 23.6 Å². The molecule has 29 heavy (non-hydrogen) atoms. The highest BCUT2D eigenvalue weighted by atomic mass is 32.2. The van der Waals surface area contributed by atoms with E-state index in [0.29, 0.717) is 37.0 Å². The summed E-state index contributed by atoms with van der Waals surface area (Å²) in [5.74, 6) is 1.88. The molecule has 0 aromatic heterocycles. The first kappa shape index (κ1) is 24.5.